The summed E-state index contributed by atoms with van der Waals surface area (Å²) in [6.07, 6.45) is -0.0995. The van der Waals surface area contributed by atoms with Crippen molar-refractivity contribution in [2.45, 2.75) is 37.6 Å². The summed E-state index contributed by atoms with van der Waals surface area (Å²) in [6, 6.07) is 0. The van der Waals surface area contributed by atoms with Gasteiger partial charge in [0.1, 0.15) is 31.1 Å². The fourth-order valence-electron chi connectivity index (χ4n) is 0.408. The molecule has 0 aliphatic rings. The van der Waals surface area contributed by atoms with Crippen molar-refractivity contribution in [3.8, 4) is 0 Å². The number of aliphatic hydroxyl groups excluding tert-OH is 2. The van der Waals surface area contributed by atoms with Gasteiger partial charge < -0.3 is 19.3 Å². The number of aliphatic hydroxyl groups is 2. The first-order valence-electron chi connectivity index (χ1n) is 4.22. The van der Waals surface area contributed by atoms with Crippen LogP contribution in [0.15, 0.2) is 0 Å². The summed E-state index contributed by atoms with van der Waals surface area (Å²) >= 11 is 0. The maximum atomic E-state index is 9.76. The maximum Gasteiger partial charge on any atom is 2.00 e. The Kier molecular flexibility index (Phi) is 12.1. The monoisotopic (exact) mass is 336 g/mol. The molecular weight excluding hydrogens is 323 g/mol. The van der Waals surface area contributed by atoms with Crippen molar-refractivity contribution in [3.63, 3.8) is 0 Å². The van der Waals surface area contributed by atoms with Gasteiger partial charge in [0.25, 0.3) is 0 Å². The van der Waals surface area contributed by atoms with Gasteiger partial charge >= 0.3 is 16.5 Å². The van der Waals surface area contributed by atoms with Gasteiger partial charge in [0, 0.05) is 0 Å². The van der Waals surface area contributed by atoms with Crippen molar-refractivity contribution in [2.24, 2.45) is 0 Å². The van der Waals surface area contributed by atoms with Crippen LogP contribution in [-0.4, -0.2) is 47.0 Å². The summed E-state index contributed by atoms with van der Waals surface area (Å²) in [5, 5.41) is 16.6. The van der Waals surface area contributed by atoms with Crippen LogP contribution in [0.5, 0.6) is 0 Å². The van der Waals surface area contributed by atoms with E-state index in [2.05, 4.69) is 0 Å². The third-order valence-electron chi connectivity index (χ3n) is 1.36. The van der Waals surface area contributed by atoms with E-state index in [1.165, 1.54) is 13.8 Å². The van der Waals surface area contributed by atoms with E-state index in [1.807, 2.05) is 0 Å². The molecule has 8 nitrogen and oxygen atoms in total. The molecule has 2 atom stereocenters. The molecule has 2 N–H and O–H groups in total. The van der Waals surface area contributed by atoms with E-state index in [4.69, 9.17) is 10.2 Å². The van der Waals surface area contributed by atoms with Gasteiger partial charge in [0.2, 0.25) is 0 Å². The molecule has 0 amide bonds. The molecule has 0 aliphatic heterocycles. The molecule has 108 valence electrons. The molecule has 11 heteroatoms. The van der Waals surface area contributed by atoms with E-state index in [9.17, 15) is 25.9 Å². The first-order chi connectivity index (χ1) is 6.96. The molecule has 0 aliphatic carbocycles. The van der Waals surface area contributed by atoms with Crippen LogP contribution < -0.4 is 0 Å². The summed E-state index contributed by atoms with van der Waals surface area (Å²) in [5.41, 5.74) is -3.47. The second-order valence-corrected chi connectivity index (χ2v) is 5.77. The van der Waals surface area contributed by atoms with Gasteiger partial charge in [-0.3, -0.25) is 0 Å². The Morgan fingerprint density at radius 1 is 0.882 bits per heavy atom. The zero-order valence-corrected chi connectivity index (χ0v) is 11.7. The summed E-state index contributed by atoms with van der Waals surface area (Å²) in [5.74, 6) is 0. The van der Waals surface area contributed by atoms with Crippen molar-refractivity contribution >= 4 is 20.2 Å². The van der Waals surface area contributed by atoms with Gasteiger partial charge in [0.05, 0.1) is 0 Å². The molecule has 0 fully saturated rings. The summed E-state index contributed by atoms with van der Waals surface area (Å²) in [4.78, 5) is 0. The Bertz CT molecular complexity index is 337. The third kappa shape index (κ3) is 12.5. The second-order valence-electron chi connectivity index (χ2n) is 2.71. The van der Waals surface area contributed by atoms with Gasteiger partial charge in [0.15, 0.2) is 0 Å². The summed E-state index contributed by atoms with van der Waals surface area (Å²) in [6.45, 7) is 2.83. The third-order valence-corrected chi connectivity index (χ3v) is 3.36. The summed E-state index contributed by atoms with van der Waals surface area (Å²) in [7, 11) is -8.89. The average Bonchev–Trinajstić information content (AvgIpc) is 2.13. The van der Waals surface area contributed by atoms with Crippen molar-refractivity contribution < 1.29 is 52.6 Å². The van der Waals surface area contributed by atoms with Crippen molar-refractivity contribution in [1.29, 1.82) is 0 Å². The van der Waals surface area contributed by atoms with Gasteiger partial charge in [-0.15, -0.1) is 0 Å². The van der Waals surface area contributed by atoms with Crippen LogP contribution in [0.4, 0.5) is 0 Å². The van der Waals surface area contributed by atoms with Gasteiger partial charge in [-0.1, -0.05) is 13.8 Å². The zero-order valence-electron chi connectivity index (χ0n) is 9.05. The van der Waals surface area contributed by atoms with Crippen molar-refractivity contribution in [1.82, 2.24) is 0 Å². The van der Waals surface area contributed by atoms with Crippen LogP contribution in [-0.2, 0) is 36.7 Å². The zero-order chi connectivity index (χ0) is 13.6. The molecule has 0 aromatic heterocycles. The van der Waals surface area contributed by atoms with E-state index < -0.39 is 31.1 Å². The minimum atomic E-state index is -4.45. The van der Waals surface area contributed by atoms with E-state index in [0.29, 0.717) is 0 Å². The molecule has 0 aromatic rings. The van der Waals surface area contributed by atoms with E-state index in [1.54, 1.807) is 0 Å². The molecule has 0 bridgehead atoms. The van der Waals surface area contributed by atoms with Crippen LogP contribution in [0.2, 0.25) is 0 Å². The van der Waals surface area contributed by atoms with Crippen LogP contribution in [0.3, 0.4) is 0 Å². The van der Waals surface area contributed by atoms with Gasteiger partial charge in [-0.05, 0) is 12.8 Å². The minimum Gasteiger partial charge on any atom is -0.746 e. The van der Waals surface area contributed by atoms with E-state index >= 15 is 0 Å². The largest absolute Gasteiger partial charge is 2.00 e. The van der Waals surface area contributed by atoms with E-state index in [0.717, 1.165) is 0 Å². The predicted molar refractivity (Wildman–Crippen MR) is 52.0 cm³/mol. The van der Waals surface area contributed by atoms with Crippen LogP contribution >= 0.6 is 0 Å². The molecule has 0 aromatic carbocycles. The average molecular weight is 337 g/mol. The fraction of sp³-hybridized carbons (Fsp3) is 1.00. The Morgan fingerprint density at radius 3 is 1.06 bits per heavy atom. The summed E-state index contributed by atoms with van der Waals surface area (Å²) < 4.78 is 58.5. The quantitative estimate of drug-likeness (QED) is 0.465. The topological polar surface area (TPSA) is 155 Å². The van der Waals surface area contributed by atoms with Crippen molar-refractivity contribution in [3.05, 3.63) is 0 Å². The van der Waals surface area contributed by atoms with E-state index in [-0.39, 0.29) is 29.3 Å². The predicted octanol–water partition coefficient (Wildman–Crippen LogP) is -1.48. The Balaban J connectivity index is -0.000000218. The van der Waals surface area contributed by atoms with Crippen LogP contribution in [0, 0.1) is 0 Å². The molecule has 0 saturated carbocycles. The number of rotatable bonds is 4. The van der Waals surface area contributed by atoms with Crippen LogP contribution in [0.1, 0.15) is 26.7 Å². The molecule has 0 saturated heterocycles. The standard InChI is InChI=1S/2C3H8O4S.Ni/c2*1-2-3(4)8(5,6)7;/h2*3-4H,2H2,1H3,(H,5,6,7);/q;;+2/p-2. The Labute approximate surface area is 110 Å². The molecule has 0 heterocycles. The maximum absolute atomic E-state index is 9.76. The Hall–Kier alpha value is 0.234. The SMILES string of the molecule is CCC(O)S(=O)(=O)[O-].CCC(O)S(=O)(=O)[O-].[Ni+2]. The van der Waals surface area contributed by atoms with Crippen LogP contribution in [0.25, 0.3) is 0 Å². The molecule has 2 unspecified atom stereocenters. The van der Waals surface area contributed by atoms with Gasteiger partial charge in [-0.25, -0.2) is 16.8 Å². The molecular formula is C6H14NiO8S2. The second kappa shape index (κ2) is 9.20. The number of hydrogen-bond acceptors (Lipinski definition) is 8. The van der Waals surface area contributed by atoms with Crippen molar-refractivity contribution in [2.75, 3.05) is 0 Å². The number of hydrogen-bond donors (Lipinski definition) is 2. The first-order valence-corrected chi connectivity index (χ1v) is 7.16. The molecule has 0 spiro atoms. The normalized spacial score (nSPS) is 14.9. The van der Waals surface area contributed by atoms with Gasteiger partial charge in [-0.2, -0.15) is 0 Å². The fourth-order valence-corrected chi connectivity index (χ4v) is 1.22. The molecule has 0 radical (unpaired) electrons. The molecule has 0 rings (SSSR count). The molecule has 17 heavy (non-hydrogen) atoms. The minimum absolute atomic E-state index is 0. The smallest absolute Gasteiger partial charge is 0.746 e. The first kappa shape index (κ1) is 22.4. The Morgan fingerprint density at radius 2 is 1.06 bits per heavy atom.